The maximum absolute atomic E-state index is 14.8. The second-order valence-electron chi connectivity index (χ2n) is 9.13. The molecule has 1 atom stereocenters. The van der Waals surface area contributed by atoms with Gasteiger partial charge in [0.25, 0.3) is 0 Å². The van der Waals surface area contributed by atoms with E-state index in [9.17, 15) is 4.39 Å². The van der Waals surface area contributed by atoms with Crippen molar-refractivity contribution in [2.24, 2.45) is 0 Å². The monoisotopic (exact) mass is 460 g/mol. The van der Waals surface area contributed by atoms with E-state index in [4.69, 9.17) is 0 Å². The molecular formula is C34H33F. The average molecular weight is 461 g/mol. The van der Waals surface area contributed by atoms with E-state index in [1.54, 1.807) is 6.07 Å². The van der Waals surface area contributed by atoms with Crippen LogP contribution in [0, 0.1) is 5.82 Å². The summed E-state index contributed by atoms with van der Waals surface area (Å²) in [7, 11) is 0. The fourth-order valence-corrected chi connectivity index (χ4v) is 4.33. The lowest BCUT2D eigenvalue weighted by Crippen LogP contribution is -1.98. The summed E-state index contributed by atoms with van der Waals surface area (Å²) in [4.78, 5) is 0. The van der Waals surface area contributed by atoms with Crippen molar-refractivity contribution in [1.82, 2.24) is 0 Å². The largest absolute Gasteiger partial charge is 0.206 e. The first-order chi connectivity index (χ1) is 17.1. The van der Waals surface area contributed by atoms with Gasteiger partial charge in [0.05, 0.1) is 0 Å². The van der Waals surface area contributed by atoms with E-state index in [2.05, 4.69) is 97.9 Å². The Bertz CT molecular complexity index is 1260. The molecular weight excluding hydrogens is 427 g/mol. The molecule has 0 bridgehead atoms. The highest BCUT2D eigenvalue weighted by Crippen LogP contribution is 2.25. The first kappa shape index (κ1) is 24.4. The number of allylic oxidation sites excluding steroid dienone is 2. The van der Waals surface area contributed by atoms with Gasteiger partial charge in [-0.05, 0) is 71.6 Å². The SMILES string of the molecule is CC=CCCc1ccc(-c2ccc(C=Cc3ccc(C[C@@H](C)c4ccccc4)cc3)c(F)c2)cc1. The van der Waals surface area contributed by atoms with Crippen LogP contribution in [0.15, 0.2) is 109 Å². The molecule has 0 amide bonds. The third-order valence-corrected chi connectivity index (χ3v) is 6.47. The molecule has 35 heavy (non-hydrogen) atoms. The minimum Gasteiger partial charge on any atom is -0.206 e. The van der Waals surface area contributed by atoms with Crippen molar-refractivity contribution in [2.75, 3.05) is 0 Å². The number of hydrogen-bond acceptors (Lipinski definition) is 0. The number of hydrogen-bond donors (Lipinski definition) is 0. The van der Waals surface area contributed by atoms with Crippen LogP contribution in [0.5, 0.6) is 0 Å². The van der Waals surface area contributed by atoms with Gasteiger partial charge < -0.3 is 0 Å². The minimum atomic E-state index is -0.204. The lowest BCUT2D eigenvalue weighted by atomic mass is 9.93. The van der Waals surface area contributed by atoms with Crippen molar-refractivity contribution in [3.63, 3.8) is 0 Å². The highest BCUT2D eigenvalue weighted by atomic mass is 19.1. The molecule has 4 aromatic rings. The number of rotatable bonds is 9. The molecule has 0 radical (unpaired) electrons. The molecule has 1 heteroatoms. The number of aryl methyl sites for hydroxylation is 1. The topological polar surface area (TPSA) is 0 Å². The van der Waals surface area contributed by atoms with Crippen LogP contribution in [0.1, 0.15) is 54.0 Å². The van der Waals surface area contributed by atoms with Crippen LogP contribution in [0.2, 0.25) is 0 Å². The predicted molar refractivity (Wildman–Crippen MR) is 149 cm³/mol. The summed E-state index contributed by atoms with van der Waals surface area (Å²) in [5, 5.41) is 0. The molecule has 4 rings (SSSR count). The van der Waals surface area contributed by atoms with Gasteiger partial charge in [0.1, 0.15) is 5.82 Å². The second kappa shape index (κ2) is 12.1. The van der Waals surface area contributed by atoms with Gasteiger partial charge in [0.2, 0.25) is 0 Å². The summed E-state index contributed by atoms with van der Waals surface area (Å²) in [5.74, 6) is 0.267. The van der Waals surface area contributed by atoms with Crippen molar-refractivity contribution in [3.8, 4) is 11.1 Å². The van der Waals surface area contributed by atoms with E-state index >= 15 is 0 Å². The summed E-state index contributed by atoms with van der Waals surface area (Å²) in [5.41, 5.74) is 7.56. The van der Waals surface area contributed by atoms with E-state index < -0.39 is 0 Å². The van der Waals surface area contributed by atoms with Crippen LogP contribution in [0.4, 0.5) is 4.39 Å². The summed E-state index contributed by atoms with van der Waals surface area (Å²) < 4.78 is 14.8. The molecule has 0 N–H and O–H groups in total. The van der Waals surface area contributed by atoms with Crippen molar-refractivity contribution in [2.45, 2.75) is 39.0 Å². The molecule has 0 nitrogen and oxygen atoms in total. The van der Waals surface area contributed by atoms with E-state index in [0.29, 0.717) is 11.5 Å². The quantitative estimate of drug-likeness (QED) is 0.172. The molecule has 0 aromatic heterocycles. The Morgan fingerprint density at radius 3 is 2.11 bits per heavy atom. The Labute approximate surface area is 209 Å². The van der Waals surface area contributed by atoms with Crippen LogP contribution in [-0.4, -0.2) is 0 Å². The number of halogens is 1. The molecule has 0 aliphatic rings. The molecule has 0 fully saturated rings. The van der Waals surface area contributed by atoms with Crippen LogP contribution >= 0.6 is 0 Å². The zero-order valence-electron chi connectivity index (χ0n) is 20.6. The maximum Gasteiger partial charge on any atom is 0.131 e. The predicted octanol–water partition coefficient (Wildman–Crippen LogP) is 9.52. The van der Waals surface area contributed by atoms with E-state index in [0.717, 1.165) is 36.0 Å². The normalized spacial score (nSPS) is 12.4. The summed E-state index contributed by atoms with van der Waals surface area (Å²) in [6, 6.07) is 33.1. The Kier molecular flexibility index (Phi) is 8.46. The van der Waals surface area contributed by atoms with Crippen molar-refractivity contribution in [3.05, 3.63) is 143 Å². The van der Waals surface area contributed by atoms with Gasteiger partial charge in [0.15, 0.2) is 0 Å². The molecule has 0 spiro atoms. The van der Waals surface area contributed by atoms with E-state index in [1.165, 1.54) is 16.7 Å². The Hall–Kier alpha value is -3.71. The second-order valence-corrected chi connectivity index (χ2v) is 9.13. The summed E-state index contributed by atoms with van der Waals surface area (Å²) in [6.45, 7) is 4.30. The third-order valence-electron chi connectivity index (χ3n) is 6.47. The fourth-order valence-electron chi connectivity index (χ4n) is 4.33. The molecule has 176 valence electrons. The molecule has 4 aromatic carbocycles. The van der Waals surface area contributed by atoms with Gasteiger partial charge >= 0.3 is 0 Å². The lowest BCUT2D eigenvalue weighted by Gasteiger charge is -2.12. The van der Waals surface area contributed by atoms with Crippen LogP contribution in [0.25, 0.3) is 23.3 Å². The van der Waals surface area contributed by atoms with Crippen molar-refractivity contribution in [1.29, 1.82) is 0 Å². The van der Waals surface area contributed by atoms with Gasteiger partial charge in [0, 0.05) is 5.56 Å². The van der Waals surface area contributed by atoms with Crippen molar-refractivity contribution >= 4 is 12.2 Å². The Morgan fingerprint density at radius 2 is 1.43 bits per heavy atom. The zero-order chi connectivity index (χ0) is 24.5. The third kappa shape index (κ3) is 6.90. The first-order valence-electron chi connectivity index (χ1n) is 12.4. The highest BCUT2D eigenvalue weighted by Gasteiger charge is 2.07. The zero-order valence-corrected chi connectivity index (χ0v) is 20.6. The molecule has 0 heterocycles. The Morgan fingerprint density at radius 1 is 0.743 bits per heavy atom. The van der Waals surface area contributed by atoms with E-state index in [-0.39, 0.29) is 5.82 Å². The molecule has 0 saturated heterocycles. The Balaban J connectivity index is 1.38. The standard InChI is InChI=1S/C34H33F/c1-3-4-6-9-27-16-19-31(20-17-27)33-23-22-32(34(35)25-33)21-18-28-12-14-29(15-13-28)24-26(2)30-10-7-5-8-11-30/h3-5,7-8,10-23,25-26H,6,9,24H2,1-2H3/t26-/m1/s1. The summed E-state index contributed by atoms with van der Waals surface area (Å²) >= 11 is 0. The summed E-state index contributed by atoms with van der Waals surface area (Å²) in [6.07, 6.45) is 11.1. The number of benzene rings is 4. The van der Waals surface area contributed by atoms with Gasteiger partial charge in [-0.3, -0.25) is 0 Å². The first-order valence-corrected chi connectivity index (χ1v) is 12.4. The van der Waals surface area contributed by atoms with Crippen LogP contribution in [0.3, 0.4) is 0 Å². The molecule has 0 aliphatic carbocycles. The lowest BCUT2D eigenvalue weighted by molar-refractivity contribution is 0.625. The molecule has 0 unspecified atom stereocenters. The molecule has 0 saturated carbocycles. The van der Waals surface area contributed by atoms with Gasteiger partial charge in [-0.1, -0.05) is 122 Å². The minimum absolute atomic E-state index is 0.204. The smallest absolute Gasteiger partial charge is 0.131 e. The van der Waals surface area contributed by atoms with Crippen LogP contribution in [-0.2, 0) is 12.8 Å². The highest BCUT2D eigenvalue weighted by molar-refractivity contribution is 5.72. The maximum atomic E-state index is 14.8. The van der Waals surface area contributed by atoms with Gasteiger partial charge in [-0.2, -0.15) is 0 Å². The van der Waals surface area contributed by atoms with Gasteiger partial charge in [-0.25, -0.2) is 4.39 Å². The fraction of sp³-hybridized carbons (Fsp3) is 0.176. The average Bonchev–Trinajstić information content (AvgIpc) is 2.90. The van der Waals surface area contributed by atoms with Crippen LogP contribution < -0.4 is 0 Å². The van der Waals surface area contributed by atoms with Crippen molar-refractivity contribution < 1.29 is 4.39 Å². The van der Waals surface area contributed by atoms with E-state index in [1.807, 2.05) is 31.2 Å². The molecule has 0 aliphatic heterocycles. The van der Waals surface area contributed by atoms with Gasteiger partial charge in [-0.15, -0.1) is 0 Å².